The van der Waals surface area contributed by atoms with E-state index in [-0.39, 0.29) is 6.42 Å². The molecule has 1 aromatic heterocycles. The Morgan fingerprint density at radius 2 is 1.63 bits per heavy atom. The molecule has 2 N–H and O–H groups in total. The van der Waals surface area contributed by atoms with Crippen molar-refractivity contribution < 1.29 is 33.4 Å². The van der Waals surface area contributed by atoms with Gasteiger partial charge in [0.15, 0.2) is 17.3 Å². The molecule has 0 saturated carbocycles. The van der Waals surface area contributed by atoms with E-state index in [1.54, 1.807) is 26.0 Å². The summed E-state index contributed by atoms with van der Waals surface area (Å²) in [6, 6.07) is 20.4. The van der Waals surface area contributed by atoms with E-state index in [0.29, 0.717) is 53.0 Å². The molecule has 1 amide bonds. The minimum atomic E-state index is -0.888. The summed E-state index contributed by atoms with van der Waals surface area (Å²) < 4.78 is 23.2. The van der Waals surface area contributed by atoms with Crippen LogP contribution in [0, 0.1) is 6.92 Å². The van der Waals surface area contributed by atoms with Crippen LogP contribution in [0.5, 0.6) is 11.5 Å². The zero-order chi connectivity index (χ0) is 26.6. The van der Waals surface area contributed by atoms with Gasteiger partial charge in [-0.15, -0.1) is 0 Å². The topological polar surface area (TPSA) is 120 Å². The number of benzene rings is 3. The van der Waals surface area contributed by atoms with Gasteiger partial charge >= 0.3 is 12.1 Å². The fourth-order valence-electron chi connectivity index (χ4n) is 4.30. The number of nitrogens with zero attached hydrogens (tertiary/aromatic N) is 1. The maximum atomic E-state index is 12.8. The second-order valence-electron chi connectivity index (χ2n) is 8.84. The van der Waals surface area contributed by atoms with Gasteiger partial charge in [-0.1, -0.05) is 59.8 Å². The SMILES string of the molecule is Cc1noc(-c2ccc(-c3ccc(CC(=O)O)cc3)c3c2OCCO3)c1NC(=O)OC(C)c1ccccc1. The van der Waals surface area contributed by atoms with Crippen molar-refractivity contribution in [3.8, 4) is 33.9 Å². The number of carbonyl (C=O) groups excluding carboxylic acids is 1. The van der Waals surface area contributed by atoms with E-state index in [2.05, 4.69) is 10.5 Å². The van der Waals surface area contributed by atoms with Crippen molar-refractivity contribution in [3.05, 3.63) is 83.6 Å². The van der Waals surface area contributed by atoms with Crippen molar-refractivity contribution >= 4 is 17.7 Å². The first-order chi connectivity index (χ1) is 18.4. The number of hydrogen-bond donors (Lipinski definition) is 2. The van der Waals surface area contributed by atoms with Gasteiger partial charge in [-0.05, 0) is 42.7 Å². The molecule has 4 aromatic rings. The van der Waals surface area contributed by atoms with E-state index in [1.807, 2.05) is 54.6 Å². The predicted octanol–water partition coefficient (Wildman–Crippen LogP) is 6.03. The van der Waals surface area contributed by atoms with Crippen molar-refractivity contribution in [2.75, 3.05) is 18.5 Å². The van der Waals surface area contributed by atoms with Crippen LogP contribution in [0.15, 0.2) is 71.3 Å². The van der Waals surface area contributed by atoms with Gasteiger partial charge in [0.1, 0.15) is 30.7 Å². The number of carboxylic acid groups (broad SMARTS) is 1. The first-order valence-electron chi connectivity index (χ1n) is 12.1. The molecule has 5 rings (SSSR count). The molecule has 9 nitrogen and oxygen atoms in total. The van der Waals surface area contributed by atoms with Gasteiger partial charge in [-0.25, -0.2) is 4.79 Å². The van der Waals surface area contributed by atoms with Crippen molar-refractivity contribution in [1.82, 2.24) is 5.16 Å². The Morgan fingerprint density at radius 1 is 0.974 bits per heavy atom. The molecule has 1 aliphatic rings. The molecule has 0 saturated heterocycles. The molecule has 0 fully saturated rings. The molecule has 1 unspecified atom stereocenters. The van der Waals surface area contributed by atoms with Gasteiger partial charge in [0.2, 0.25) is 0 Å². The van der Waals surface area contributed by atoms with Gasteiger partial charge in [-0.2, -0.15) is 0 Å². The Balaban J connectivity index is 1.44. The zero-order valence-electron chi connectivity index (χ0n) is 20.9. The number of ether oxygens (including phenoxy) is 3. The van der Waals surface area contributed by atoms with E-state index in [9.17, 15) is 9.59 Å². The highest BCUT2D eigenvalue weighted by atomic mass is 16.6. The minimum Gasteiger partial charge on any atom is -0.485 e. The Kier molecular flexibility index (Phi) is 6.99. The number of aryl methyl sites for hydroxylation is 1. The second-order valence-corrected chi connectivity index (χ2v) is 8.84. The van der Waals surface area contributed by atoms with E-state index < -0.39 is 18.2 Å². The molecular weight excluding hydrogens is 488 g/mol. The number of carbonyl (C=O) groups is 2. The molecule has 0 spiro atoms. The fourth-order valence-corrected chi connectivity index (χ4v) is 4.30. The van der Waals surface area contributed by atoms with Crippen LogP contribution in [0.1, 0.15) is 29.8 Å². The lowest BCUT2D eigenvalue weighted by molar-refractivity contribution is -0.136. The van der Waals surface area contributed by atoms with Crippen LogP contribution in [0.25, 0.3) is 22.5 Å². The lowest BCUT2D eigenvalue weighted by Crippen LogP contribution is -2.18. The standard InChI is InChI=1S/C29H26N2O7/c1-17-25(30-29(34)37-18(2)20-6-4-3-5-7-20)26(38-31-17)23-13-12-22(27-28(23)36-15-14-35-27)21-10-8-19(9-11-21)16-24(32)33/h3-13,18H,14-16H2,1-2H3,(H,30,34)(H,32,33). The first-order valence-corrected chi connectivity index (χ1v) is 12.1. The van der Waals surface area contributed by atoms with E-state index >= 15 is 0 Å². The van der Waals surface area contributed by atoms with Crippen molar-refractivity contribution in [2.45, 2.75) is 26.4 Å². The maximum absolute atomic E-state index is 12.8. The summed E-state index contributed by atoms with van der Waals surface area (Å²) in [5, 5.41) is 15.9. The predicted molar refractivity (Wildman–Crippen MR) is 139 cm³/mol. The lowest BCUT2D eigenvalue weighted by Gasteiger charge is -2.23. The van der Waals surface area contributed by atoms with Crippen LogP contribution in [-0.2, 0) is 16.0 Å². The Bertz CT molecular complexity index is 1460. The molecule has 38 heavy (non-hydrogen) atoms. The summed E-state index contributed by atoms with van der Waals surface area (Å²) in [7, 11) is 0. The van der Waals surface area contributed by atoms with Gasteiger partial charge in [-0.3, -0.25) is 10.1 Å². The van der Waals surface area contributed by atoms with Crippen molar-refractivity contribution in [2.24, 2.45) is 0 Å². The molecule has 2 heterocycles. The number of nitrogens with one attached hydrogen (secondary N) is 1. The number of anilines is 1. The number of hydrogen-bond acceptors (Lipinski definition) is 7. The van der Waals surface area contributed by atoms with Gasteiger partial charge in [0.25, 0.3) is 0 Å². The van der Waals surface area contributed by atoms with Crippen LogP contribution in [0.2, 0.25) is 0 Å². The van der Waals surface area contributed by atoms with Crippen LogP contribution in [-0.4, -0.2) is 35.5 Å². The Labute approximate surface area is 218 Å². The number of amides is 1. The van der Waals surface area contributed by atoms with Crippen molar-refractivity contribution in [1.29, 1.82) is 0 Å². The van der Waals surface area contributed by atoms with Crippen LogP contribution in [0.3, 0.4) is 0 Å². The third-order valence-corrected chi connectivity index (χ3v) is 6.20. The number of carboxylic acids is 1. The summed E-state index contributed by atoms with van der Waals surface area (Å²) in [5.41, 5.74) is 4.62. The lowest BCUT2D eigenvalue weighted by atomic mass is 9.98. The molecule has 0 aliphatic carbocycles. The average Bonchev–Trinajstić information content (AvgIpc) is 3.28. The van der Waals surface area contributed by atoms with Crippen LogP contribution in [0.4, 0.5) is 10.5 Å². The van der Waals surface area contributed by atoms with Crippen LogP contribution >= 0.6 is 0 Å². The molecule has 1 aliphatic heterocycles. The summed E-state index contributed by atoms with van der Waals surface area (Å²) in [5.74, 6) is 0.423. The molecule has 194 valence electrons. The Morgan fingerprint density at radius 3 is 2.32 bits per heavy atom. The summed E-state index contributed by atoms with van der Waals surface area (Å²) >= 11 is 0. The average molecular weight is 515 g/mol. The first kappa shape index (κ1) is 24.9. The summed E-state index contributed by atoms with van der Waals surface area (Å²) in [6.45, 7) is 4.23. The highest BCUT2D eigenvalue weighted by Gasteiger charge is 2.27. The normalized spacial score (nSPS) is 13.0. The second kappa shape index (κ2) is 10.7. The highest BCUT2D eigenvalue weighted by molar-refractivity contribution is 5.93. The zero-order valence-corrected chi connectivity index (χ0v) is 20.9. The number of aromatic nitrogens is 1. The third kappa shape index (κ3) is 5.17. The van der Waals surface area contributed by atoms with E-state index in [0.717, 1.165) is 16.7 Å². The van der Waals surface area contributed by atoms with Gasteiger partial charge in [0.05, 0.1) is 12.0 Å². The van der Waals surface area contributed by atoms with E-state index in [4.69, 9.17) is 23.8 Å². The number of fused-ring (bicyclic) bond motifs is 1. The maximum Gasteiger partial charge on any atom is 0.412 e. The molecule has 3 aromatic carbocycles. The van der Waals surface area contributed by atoms with E-state index in [1.165, 1.54) is 0 Å². The molecule has 9 heteroatoms. The third-order valence-electron chi connectivity index (χ3n) is 6.20. The monoisotopic (exact) mass is 514 g/mol. The molecule has 0 radical (unpaired) electrons. The fraction of sp³-hybridized carbons (Fsp3) is 0.207. The highest BCUT2D eigenvalue weighted by Crippen LogP contribution is 2.48. The van der Waals surface area contributed by atoms with Crippen molar-refractivity contribution in [3.63, 3.8) is 0 Å². The molecule has 1 atom stereocenters. The number of aliphatic carboxylic acids is 1. The Hall–Kier alpha value is -4.79. The molecule has 0 bridgehead atoms. The van der Waals surface area contributed by atoms with Gasteiger partial charge in [0, 0.05) is 5.56 Å². The summed E-state index contributed by atoms with van der Waals surface area (Å²) in [4.78, 5) is 23.8. The minimum absolute atomic E-state index is 0.0515. The molecular formula is C29H26N2O7. The largest absolute Gasteiger partial charge is 0.485 e. The number of rotatable bonds is 7. The van der Waals surface area contributed by atoms with Gasteiger partial charge < -0.3 is 23.8 Å². The smallest absolute Gasteiger partial charge is 0.412 e. The van der Waals surface area contributed by atoms with Crippen LogP contribution < -0.4 is 14.8 Å². The summed E-state index contributed by atoms with van der Waals surface area (Å²) in [6.07, 6.45) is -1.15. The quantitative estimate of drug-likeness (QED) is 0.307.